The Morgan fingerprint density at radius 1 is 1.40 bits per heavy atom. The largest absolute Gasteiger partial charge is 0.312 e. The number of aryl methyl sites for hydroxylation is 1. The number of halogens is 1. The number of tetrazole rings is 1. The molecule has 5 nitrogen and oxygen atoms in total. The van der Waals surface area contributed by atoms with Gasteiger partial charge in [-0.2, -0.15) is 4.80 Å². The lowest BCUT2D eigenvalue weighted by Crippen LogP contribution is -2.18. The van der Waals surface area contributed by atoms with Crippen molar-refractivity contribution in [3.05, 3.63) is 40.8 Å². The first-order valence-electron chi connectivity index (χ1n) is 6.25. The molecule has 0 aliphatic carbocycles. The highest BCUT2D eigenvalue weighted by molar-refractivity contribution is 7.19. The third-order valence-electron chi connectivity index (χ3n) is 3.13. The van der Waals surface area contributed by atoms with Crippen molar-refractivity contribution in [1.29, 1.82) is 0 Å². The summed E-state index contributed by atoms with van der Waals surface area (Å²) in [7, 11) is 3.64. The molecular weight excluding hydrogens is 277 g/mol. The molecule has 0 radical (unpaired) electrons. The van der Waals surface area contributed by atoms with E-state index in [4.69, 9.17) is 0 Å². The van der Waals surface area contributed by atoms with Gasteiger partial charge in [0.1, 0.15) is 5.82 Å². The minimum Gasteiger partial charge on any atom is -0.312 e. The molecule has 0 amide bonds. The highest BCUT2D eigenvalue weighted by Gasteiger charge is 2.16. The lowest BCUT2D eigenvalue weighted by atomic mass is 10.1. The molecule has 1 atom stereocenters. The highest BCUT2D eigenvalue weighted by atomic mass is 32.1. The van der Waals surface area contributed by atoms with Gasteiger partial charge in [-0.3, -0.25) is 0 Å². The number of benzene rings is 1. The molecule has 0 spiro atoms. The minimum atomic E-state index is -0.210. The van der Waals surface area contributed by atoms with E-state index in [9.17, 15) is 4.39 Å². The number of rotatable bonds is 4. The number of fused-ring (bicyclic) bond motifs is 1. The Labute approximate surface area is 119 Å². The van der Waals surface area contributed by atoms with Gasteiger partial charge in [0.25, 0.3) is 0 Å². The zero-order valence-electron chi connectivity index (χ0n) is 11.2. The first-order chi connectivity index (χ1) is 9.65. The summed E-state index contributed by atoms with van der Waals surface area (Å²) in [5.41, 5.74) is 0. The molecule has 1 N–H and O–H groups in total. The van der Waals surface area contributed by atoms with Crippen LogP contribution in [-0.2, 0) is 13.5 Å². The average molecular weight is 291 g/mol. The third-order valence-corrected chi connectivity index (χ3v) is 4.36. The van der Waals surface area contributed by atoms with Gasteiger partial charge in [0, 0.05) is 22.0 Å². The minimum absolute atomic E-state index is 0.0969. The lowest BCUT2D eigenvalue weighted by Gasteiger charge is -2.11. The second kappa shape index (κ2) is 5.26. The lowest BCUT2D eigenvalue weighted by molar-refractivity contribution is 0.578. The topological polar surface area (TPSA) is 55.6 Å². The van der Waals surface area contributed by atoms with E-state index in [-0.39, 0.29) is 11.9 Å². The molecule has 104 valence electrons. The average Bonchev–Trinajstić information content (AvgIpc) is 3.01. The number of nitrogens with one attached hydrogen (secondary N) is 1. The van der Waals surface area contributed by atoms with Gasteiger partial charge in [-0.25, -0.2) is 4.39 Å². The first-order valence-corrected chi connectivity index (χ1v) is 7.06. The van der Waals surface area contributed by atoms with E-state index >= 15 is 0 Å². The maximum Gasteiger partial charge on any atom is 0.176 e. The van der Waals surface area contributed by atoms with Gasteiger partial charge >= 0.3 is 0 Å². The van der Waals surface area contributed by atoms with Crippen LogP contribution in [0.4, 0.5) is 4.39 Å². The van der Waals surface area contributed by atoms with Gasteiger partial charge in [-0.05, 0) is 41.9 Å². The van der Waals surface area contributed by atoms with Crippen molar-refractivity contribution >= 4 is 21.4 Å². The maximum absolute atomic E-state index is 13.2. The molecule has 7 heteroatoms. The monoisotopic (exact) mass is 291 g/mol. The van der Waals surface area contributed by atoms with Gasteiger partial charge in [0.05, 0.1) is 7.05 Å². The SMILES string of the molecule is CNC(Cc1nnn(C)n1)c1cc2cc(F)ccc2s1. The molecule has 0 fully saturated rings. The first kappa shape index (κ1) is 13.1. The number of aromatic nitrogens is 4. The molecule has 0 aliphatic heterocycles. The molecule has 1 unspecified atom stereocenters. The molecule has 3 aromatic rings. The van der Waals surface area contributed by atoms with E-state index < -0.39 is 0 Å². The van der Waals surface area contributed by atoms with Crippen molar-refractivity contribution in [2.45, 2.75) is 12.5 Å². The number of nitrogens with zero attached hydrogens (tertiary/aromatic N) is 4. The van der Waals surface area contributed by atoms with Gasteiger partial charge in [-0.15, -0.1) is 21.5 Å². The fourth-order valence-electron chi connectivity index (χ4n) is 2.14. The number of hydrogen-bond acceptors (Lipinski definition) is 5. The Hall–Kier alpha value is -1.86. The van der Waals surface area contributed by atoms with Gasteiger partial charge < -0.3 is 5.32 Å². The van der Waals surface area contributed by atoms with Crippen molar-refractivity contribution in [2.24, 2.45) is 7.05 Å². The maximum atomic E-state index is 13.2. The van der Waals surface area contributed by atoms with E-state index in [1.165, 1.54) is 10.9 Å². The summed E-state index contributed by atoms with van der Waals surface area (Å²) in [6, 6.07) is 6.97. The molecule has 3 rings (SSSR count). The van der Waals surface area contributed by atoms with E-state index in [0.29, 0.717) is 12.2 Å². The summed E-state index contributed by atoms with van der Waals surface area (Å²) in [6.07, 6.45) is 0.652. The molecule has 0 aliphatic rings. The summed E-state index contributed by atoms with van der Waals surface area (Å²) in [6.45, 7) is 0. The summed E-state index contributed by atoms with van der Waals surface area (Å²) in [4.78, 5) is 2.59. The molecule has 2 aromatic heterocycles. The highest BCUT2D eigenvalue weighted by Crippen LogP contribution is 2.31. The Morgan fingerprint density at radius 3 is 2.95 bits per heavy atom. The number of likely N-dealkylation sites (N-methyl/N-ethyl adjacent to an activating group) is 1. The predicted octanol–water partition coefficient (Wildman–Crippen LogP) is 2.07. The normalized spacial score (nSPS) is 12.9. The molecule has 0 saturated heterocycles. The van der Waals surface area contributed by atoms with Crippen molar-refractivity contribution in [3.63, 3.8) is 0 Å². The van der Waals surface area contributed by atoms with Crippen LogP contribution in [0.2, 0.25) is 0 Å². The Morgan fingerprint density at radius 2 is 2.25 bits per heavy atom. The predicted molar refractivity (Wildman–Crippen MR) is 76.1 cm³/mol. The molecule has 20 heavy (non-hydrogen) atoms. The van der Waals surface area contributed by atoms with Crippen molar-refractivity contribution < 1.29 is 4.39 Å². The van der Waals surface area contributed by atoms with Gasteiger partial charge in [0.2, 0.25) is 0 Å². The molecule has 1 aromatic carbocycles. The van der Waals surface area contributed by atoms with Crippen LogP contribution >= 0.6 is 11.3 Å². The van der Waals surface area contributed by atoms with Crippen LogP contribution < -0.4 is 5.32 Å². The smallest absolute Gasteiger partial charge is 0.176 e. The Bertz CT molecular complexity index is 735. The quantitative estimate of drug-likeness (QED) is 0.799. The van der Waals surface area contributed by atoms with E-state index in [0.717, 1.165) is 15.0 Å². The zero-order valence-corrected chi connectivity index (χ0v) is 12.0. The summed E-state index contributed by atoms with van der Waals surface area (Å²) in [5.74, 6) is 0.480. The summed E-state index contributed by atoms with van der Waals surface area (Å²) in [5, 5.41) is 16.2. The number of hydrogen-bond donors (Lipinski definition) is 1. The Balaban J connectivity index is 1.90. The van der Waals surface area contributed by atoms with Crippen LogP contribution in [0.5, 0.6) is 0 Å². The number of thiophene rings is 1. The standard InChI is InChI=1S/C13H14FN5S/c1-15-10(7-13-16-18-19(2)17-13)12-6-8-5-9(14)3-4-11(8)20-12/h3-6,10,15H,7H2,1-2H3. The van der Waals surface area contributed by atoms with Gasteiger partial charge in [0.15, 0.2) is 5.82 Å². The van der Waals surface area contributed by atoms with Crippen LogP contribution in [-0.4, -0.2) is 27.3 Å². The Kier molecular flexibility index (Phi) is 3.45. The second-order valence-corrected chi connectivity index (χ2v) is 5.69. The zero-order chi connectivity index (χ0) is 14.1. The van der Waals surface area contributed by atoms with E-state index in [2.05, 4.69) is 20.7 Å². The molecule has 0 saturated carbocycles. The summed E-state index contributed by atoms with van der Waals surface area (Å²) < 4.78 is 14.3. The van der Waals surface area contributed by atoms with Crippen LogP contribution in [0, 0.1) is 5.82 Å². The van der Waals surface area contributed by atoms with Crippen LogP contribution in [0.25, 0.3) is 10.1 Å². The van der Waals surface area contributed by atoms with Crippen LogP contribution in [0.15, 0.2) is 24.3 Å². The van der Waals surface area contributed by atoms with Gasteiger partial charge in [-0.1, -0.05) is 0 Å². The van der Waals surface area contributed by atoms with Crippen LogP contribution in [0.3, 0.4) is 0 Å². The van der Waals surface area contributed by atoms with Crippen molar-refractivity contribution in [2.75, 3.05) is 7.05 Å². The fourth-order valence-corrected chi connectivity index (χ4v) is 3.29. The van der Waals surface area contributed by atoms with E-state index in [1.54, 1.807) is 24.5 Å². The molecule has 2 heterocycles. The van der Waals surface area contributed by atoms with Crippen LogP contribution in [0.1, 0.15) is 16.7 Å². The molecule has 0 bridgehead atoms. The van der Waals surface area contributed by atoms with Crippen molar-refractivity contribution in [1.82, 2.24) is 25.5 Å². The second-order valence-electron chi connectivity index (χ2n) is 4.57. The fraction of sp³-hybridized carbons (Fsp3) is 0.308. The van der Waals surface area contributed by atoms with Crippen molar-refractivity contribution in [3.8, 4) is 0 Å². The third kappa shape index (κ3) is 2.54. The molecular formula is C13H14FN5S. The van der Waals surface area contributed by atoms with E-state index in [1.807, 2.05) is 19.2 Å². The summed E-state index contributed by atoms with van der Waals surface area (Å²) >= 11 is 1.65.